The van der Waals surface area contributed by atoms with Crippen LogP contribution < -0.4 is 24.3 Å². The van der Waals surface area contributed by atoms with Gasteiger partial charge in [0.1, 0.15) is 18.1 Å². The van der Waals surface area contributed by atoms with Crippen molar-refractivity contribution in [1.82, 2.24) is 0 Å². The molecular formula is C23H22INO5. The SMILES string of the molecule is COc1ccc(NC(=O)c2cc(I)c(OCc3ccccc3)c(OC)c2)c(OC)c1. The van der Waals surface area contributed by atoms with E-state index in [2.05, 4.69) is 27.9 Å². The van der Waals surface area contributed by atoms with Crippen LogP contribution in [0.15, 0.2) is 60.7 Å². The van der Waals surface area contributed by atoms with Crippen LogP contribution in [0.2, 0.25) is 0 Å². The topological polar surface area (TPSA) is 66.0 Å². The van der Waals surface area contributed by atoms with Gasteiger partial charge in [0, 0.05) is 11.6 Å². The number of rotatable bonds is 8. The number of amides is 1. The number of benzene rings is 3. The van der Waals surface area contributed by atoms with Crippen molar-refractivity contribution in [2.75, 3.05) is 26.6 Å². The maximum atomic E-state index is 12.9. The van der Waals surface area contributed by atoms with Crippen LogP contribution in [-0.2, 0) is 6.61 Å². The summed E-state index contributed by atoms with van der Waals surface area (Å²) in [6.45, 7) is 0.405. The first-order chi connectivity index (χ1) is 14.5. The number of anilines is 1. The fourth-order valence-electron chi connectivity index (χ4n) is 2.82. The molecule has 0 bridgehead atoms. The molecule has 0 aromatic heterocycles. The second kappa shape index (κ2) is 10.2. The van der Waals surface area contributed by atoms with E-state index < -0.39 is 0 Å². The average Bonchev–Trinajstić information content (AvgIpc) is 2.78. The molecular weight excluding hydrogens is 497 g/mol. The van der Waals surface area contributed by atoms with Crippen molar-refractivity contribution < 1.29 is 23.7 Å². The summed E-state index contributed by atoms with van der Waals surface area (Å²) < 4.78 is 22.8. The van der Waals surface area contributed by atoms with E-state index in [1.165, 1.54) is 7.11 Å². The van der Waals surface area contributed by atoms with Gasteiger partial charge in [0.15, 0.2) is 11.5 Å². The van der Waals surface area contributed by atoms with Crippen LogP contribution in [0.1, 0.15) is 15.9 Å². The van der Waals surface area contributed by atoms with E-state index in [1.807, 2.05) is 30.3 Å². The molecule has 0 spiro atoms. The molecule has 0 aliphatic heterocycles. The Bertz CT molecular complexity index is 1020. The van der Waals surface area contributed by atoms with E-state index in [9.17, 15) is 4.79 Å². The van der Waals surface area contributed by atoms with E-state index in [-0.39, 0.29) is 5.91 Å². The zero-order chi connectivity index (χ0) is 21.5. The highest BCUT2D eigenvalue weighted by Crippen LogP contribution is 2.35. The van der Waals surface area contributed by atoms with Crippen molar-refractivity contribution in [3.05, 3.63) is 75.4 Å². The Morgan fingerprint density at radius 1 is 0.900 bits per heavy atom. The van der Waals surface area contributed by atoms with Gasteiger partial charge in [0.2, 0.25) is 0 Å². The van der Waals surface area contributed by atoms with E-state index in [0.717, 1.165) is 9.13 Å². The molecule has 0 aliphatic rings. The molecule has 6 nitrogen and oxygen atoms in total. The third-order valence-corrected chi connectivity index (χ3v) is 5.18. The second-order valence-electron chi connectivity index (χ2n) is 6.28. The summed E-state index contributed by atoms with van der Waals surface area (Å²) >= 11 is 2.14. The number of hydrogen-bond acceptors (Lipinski definition) is 5. The summed E-state index contributed by atoms with van der Waals surface area (Å²) in [7, 11) is 4.66. The third-order valence-electron chi connectivity index (χ3n) is 4.37. The Hall–Kier alpha value is -2.94. The Balaban J connectivity index is 1.81. The lowest BCUT2D eigenvalue weighted by Gasteiger charge is -2.15. The Kier molecular flexibility index (Phi) is 7.40. The molecule has 0 fully saturated rings. The summed E-state index contributed by atoms with van der Waals surface area (Å²) in [6.07, 6.45) is 0. The monoisotopic (exact) mass is 519 g/mol. The van der Waals surface area contributed by atoms with Crippen molar-refractivity contribution >= 4 is 34.2 Å². The van der Waals surface area contributed by atoms with E-state index in [0.29, 0.717) is 40.9 Å². The maximum absolute atomic E-state index is 12.9. The largest absolute Gasteiger partial charge is 0.497 e. The number of nitrogens with one attached hydrogen (secondary N) is 1. The zero-order valence-electron chi connectivity index (χ0n) is 16.9. The molecule has 30 heavy (non-hydrogen) atoms. The molecule has 156 valence electrons. The van der Waals surface area contributed by atoms with Gasteiger partial charge in [-0.2, -0.15) is 0 Å². The van der Waals surface area contributed by atoms with Crippen LogP contribution in [0.3, 0.4) is 0 Å². The van der Waals surface area contributed by atoms with Crippen LogP contribution in [0.5, 0.6) is 23.0 Å². The van der Waals surface area contributed by atoms with E-state index in [4.69, 9.17) is 18.9 Å². The molecule has 0 radical (unpaired) electrons. The predicted octanol–water partition coefficient (Wildman–Crippen LogP) is 5.15. The maximum Gasteiger partial charge on any atom is 0.255 e. The number of carbonyl (C=O) groups excluding carboxylic acids is 1. The standard InChI is InChI=1S/C23H22INO5/c1-27-17-9-10-19(20(13-17)28-2)25-23(26)16-11-18(24)22(21(12-16)29-3)30-14-15-7-5-4-6-8-15/h4-13H,14H2,1-3H3,(H,25,26). The molecule has 0 atom stereocenters. The number of ether oxygens (including phenoxy) is 4. The lowest BCUT2D eigenvalue weighted by molar-refractivity contribution is 0.102. The summed E-state index contributed by atoms with van der Waals surface area (Å²) in [4.78, 5) is 12.9. The van der Waals surface area contributed by atoms with Crippen molar-refractivity contribution in [1.29, 1.82) is 0 Å². The molecule has 3 aromatic carbocycles. The van der Waals surface area contributed by atoms with Gasteiger partial charge in [-0.3, -0.25) is 4.79 Å². The predicted molar refractivity (Wildman–Crippen MR) is 124 cm³/mol. The van der Waals surface area contributed by atoms with Gasteiger partial charge >= 0.3 is 0 Å². The zero-order valence-corrected chi connectivity index (χ0v) is 19.1. The highest BCUT2D eigenvalue weighted by molar-refractivity contribution is 14.1. The van der Waals surface area contributed by atoms with E-state index >= 15 is 0 Å². The molecule has 0 heterocycles. The molecule has 1 N–H and O–H groups in total. The number of halogens is 1. The molecule has 0 saturated carbocycles. The lowest BCUT2D eigenvalue weighted by atomic mass is 10.1. The summed E-state index contributed by atoms with van der Waals surface area (Å²) in [5.41, 5.74) is 2.03. The van der Waals surface area contributed by atoms with Gasteiger partial charge in [-0.05, 0) is 52.4 Å². The van der Waals surface area contributed by atoms with Crippen molar-refractivity contribution in [3.8, 4) is 23.0 Å². The minimum absolute atomic E-state index is 0.288. The Morgan fingerprint density at radius 3 is 2.30 bits per heavy atom. The van der Waals surface area contributed by atoms with Crippen LogP contribution in [0.25, 0.3) is 0 Å². The van der Waals surface area contributed by atoms with Crippen LogP contribution in [-0.4, -0.2) is 27.2 Å². The third kappa shape index (κ3) is 5.15. The molecule has 0 aliphatic carbocycles. The first kappa shape index (κ1) is 21.8. The number of hydrogen-bond donors (Lipinski definition) is 1. The Labute approximate surface area is 189 Å². The minimum atomic E-state index is -0.288. The summed E-state index contributed by atoms with van der Waals surface area (Å²) in [6, 6.07) is 18.5. The first-order valence-corrected chi connectivity index (χ1v) is 10.2. The second-order valence-corrected chi connectivity index (χ2v) is 7.45. The summed E-state index contributed by atoms with van der Waals surface area (Å²) in [5, 5.41) is 2.87. The summed E-state index contributed by atoms with van der Waals surface area (Å²) in [5.74, 6) is 1.95. The van der Waals surface area contributed by atoms with Gasteiger partial charge in [0.05, 0.1) is 30.6 Å². The van der Waals surface area contributed by atoms with Gasteiger partial charge < -0.3 is 24.3 Å². The van der Waals surface area contributed by atoms with Gasteiger partial charge in [-0.1, -0.05) is 30.3 Å². The first-order valence-electron chi connectivity index (χ1n) is 9.13. The van der Waals surface area contributed by atoms with Crippen molar-refractivity contribution in [2.24, 2.45) is 0 Å². The highest BCUT2D eigenvalue weighted by atomic mass is 127. The lowest BCUT2D eigenvalue weighted by Crippen LogP contribution is -2.13. The number of methoxy groups -OCH3 is 3. The highest BCUT2D eigenvalue weighted by Gasteiger charge is 2.17. The molecule has 3 aromatic rings. The minimum Gasteiger partial charge on any atom is -0.497 e. The fraction of sp³-hybridized carbons (Fsp3) is 0.174. The average molecular weight is 519 g/mol. The van der Waals surface area contributed by atoms with Gasteiger partial charge in [-0.15, -0.1) is 0 Å². The Morgan fingerprint density at radius 2 is 1.63 bits per heavy atom. The van der Waals surface area contributed by atoms with Gasteiger partial charge in [0.25, 0.3) is 5.91 Å². The molecule has 3 rings (SSSR count). The van der Waals surface area contributed by atoms with Gasteiger partial charge in [-0.25, -0.2) is 0 Å². The molecule has 1 amide bonds. The van der Waals surface area contributed by atoms with Crippen LogP contribution in [0.4, 0.5) is 5.69 Å². The quantitative estimate of drug-likeness (QED) is 0.418. The molecule has 0 saturated heterocycles. The van der Waals surface area contributed by atoms with E-state index in [1.54, 1.807) is 44.6 Å². The van der Waals surface area contributed by atoms with Crippen molar-refractivity contribution in [2.45, 2.75) is 6.61 Å². The van der Waals surface area contributed by atoms with Crippen molar-refractivity contribution in [3.63, 3.8) is 0 Å². The smallest absolute Gasteiger partial charge is 0.255 e. The normalized spacial score (nSPS) is 10.3. The fourth-order valence-corrected chi connectivity index (χ4v) is 3.57. The van der Waals surface area contributed by atoms with Crippen LogP contribution in [0, 0.1) is 3.57 Å². The molecule has 0 unspecified atom stereocenters. The van der Waals surface area contributed by atoms with Crippen LogP contribution >= 0.6 is 22.6 Å². The molecule has 7 heteroatoms. The number of carbonyl (C=O) groups is 1.